The van der Waals surface area contributed by atoms with Crippen molar-refractivity contribution in [1.82, 2.24) is 5.32 Å². The highest BCUT2D eigenvalue weighted by Crippen LogP contribution is 2.20. The normalized spacial score (nSPS) is 14.1. The van der Waals surface area contributed by atoms with Crippen molar-refractivity contribution in [3.8, 4) is 5.75 Å². The summed E-state index contributed by atoms with van der Waals surface area (Å²) in [6, 6.07) is 5.60. The van der Waals surface area contributed by atoms with Crippen LogP contribution >= 0.6 is 11.6 Å². The molecule has 0 aliphatic heterocycles. The molecule has 6 heteroatoms. The van der Waals surface area contributed by atoms with E-state index in [-0.39, 0.29) is 0 Å². The standard InChI is InChI=1S/C15H20ClNO4/c1-9(21-11-7-5-10(16)6-8-11)13(18)17-12(14(19)20)15(2,3)4/h5-9,12H,1-4H3,(H,17,18)(H,19,20)/t9?,12-/m1/s1. The van der Waals surface area contributed by atoms with Crippen LogP contribution in [0, 0.1) is 5.41 Å². The van der Waals surface area contributed by atoms with Crippen molar-refractivity contribution in [2.75, 3.05) is 0 Å². The molecule has 21 heavy (non-hydrogen) atoms. The lowest BCUT2D eigenvalue weighted by molar-refractivity contribution is -0.146. The molecule has 0 spiro atoms. The van der Waals surface area contributed by atoms with Crippen LogP contribution in [0.5, 0.6) is 5.75 Å². The first kappa shape index (κ1) is 17.3. The summed E-state index contributed by atoms with van der Waals surface area (Å²) in [6.07, 6.45) is -0.810. The van der Waals surface area contributed by atoms with E-state index in [1.54, 1.807) is 52.0 Å². The van der Waals surface area contributed by atoms with Gasteiger partial charge in [0.25, 0.3) is 5.91 Å². The molecule has 0 aliphatic carbocycles. The molecule has 116 valence electrons. The highest BCUT2D eigenvalue weighted by atomic mass is 35.5. The second kappa shape index (κ2) is 6.80. The molecule has 0 saturated heterocycles. The van der Waals surface area contributed by atoms with Gasteiger partial charge in [-0.15, -0.1) is 0 Å². The summed E-state index contributed by atoms with van der Waals surface area (Å²) in [5.74, 6) is -1.06. The summed E-state index contributed by atoms with van der Waals surface area (Å²) in [6.45, 7) is 6.80. The van der Waals surface area contributed by atoms with Gasteiger partial charge in [-0.2, -0.15) is 0 Å². The number of carboxylic acid groups (broad SMARTS) is 1. The number of nitrogens with one attached hydrogen (secondary N) is 1. The highest BCUT2D eigenvalue weighted by Gasteiger charge is 2.33. The molecule has 0 fully saturated rings. The highest BCUT2D eigenvalue weighted by molar-refractivity contribution is 6.30. The molecule has 2 N–H and O–H groups in total. The summed E-state index contributed by atoms with van der Waals surface area (Å²) in [7, 11) is 0. The second-order valence-electron chi connectivity index (χ2n) is 5.86. The van der Waals surface area contributed by atoms with Crippen LogP contribution in [0.15, 0.2) is 24.3 Å². The molecule has 0 bridgehead atoms. The third-order valence-electron chi connectivity index (χ3n) is 2.90. The van der Waals surface area contributed by atoms with Crippen molar-refractivity contribution in [2.45, 2.75) is 39.8 Å². The first-order valence-electron chi connectivity index (χ1n) is 6.56. The van der Waals surface area contributed by atoms with Gasteiger partial charge < -0.3 is 15.2 Å². The number of hydrogen-bond acceptors (Lipinski definition) is 3. The zero-order valence-corrected chi connectivity index (χ0v) is 13.3. The van der Waals surface area contributed by atoms with Crippen LogP contribution in [0.2, 0.25) is 5.02 Å². The number of aliphatic carboxylic acids is 1. The zero-order valence-electron chi connectivity index (χ0n) is 12.5. The average molecular weight is 314 g/mol. The monoisotopic (exact) mass is 313 g/mol. The Bertz CT molecular complexity index is 507. The minimum atomic E-state index is -1.07. The van der Waals surface area contributed by atoms with Crippen molar-refractivity contribution < 1.29 is 19.4 Å². The van der Waals surface area contributed by atoms with Gasteiger partial charge in [-0.05, 0) is 36.6 Å². The molecule has 1 rings (SSSR count). The van der Waals surface area contributed by atoms with Crippen molar-refractivity contribution in [2.24, 2.45) is 5.41 Å². The lowest BCUT2D eigenvalue weighted by Gasteiger charge is -2.28. The molecule has 1 amide bonds. The molecule has 0 saturated carbocycles. The van der Waals surface area contributed by atoms with E-state index in [1.807, 2.05) is 0 Å². The molecule has 2 atom stereocenters. The summed E-state index contributed by atoms with van der Waals surface area (Å²) >= 11 is 5.76. The van der Waals surface area contributed by atoms with E-state index in [2.05, 4.69) is 5.32 Å². The summed E-state index contributed by atoms with van der Waals surface area (Å²) in [4.78, 5) is 23.3. The fourth-order valence-electron chi connectivity index (χ4n) is 1.68. The molecule has 0 heterocycles. The van der Waals surface area contributed by atoms with Gasteiger partial charge in [0.05, 0.1) is 0 Å². The van der Waals surface area contributed by atoms with E-state index in [9.17, 15) is 14.7 Å². The molecule has 1 aromatic rings. The fourth-order valence-corrected chi connectivity index (χ4v) is 1.81. The SMILES string of the molecule is CC(Oc1ccc(Cl)cc1)C(=O)N[C@H](C(=O)O)C(C)(C)C. The number of rotatable bonds is 5. The largest absolute Gasteiger partial charge is 0.481 e. The van der Waals surface area contributed by atoms with Gasteiger partial charge in [-0.3, -0.25) is 4.79 Å². The summed E-state index contributed by atoms with van der Waals surface area (Å²) in [5.41, 5.74) is -0.596. The Morgan fingerprint density at radius 2 is 1.76 bits per heavy atom. The smallest absolute Gasteiger partial charge is 0.326 e. The molecule has 0 aromatic heterocycles. The number of carbonyl (C=O) groups is 2. The Balaban J connectivity index is 2.69. The van der Waals surface area contributed by atoms with Gasteiger partial charge >= 0.3 is 5.97 Å². The van der Waals surface area contributed by atoms with Crippen molar-refractivity contribution >= 4 is 23.5 Å². The third-order valence-corrected chi connectivity index (χ3v) is 3.15. The van der Waals surface area contributed by atoms with Gasteiger partial charge in [-0.1, -0.05) is 32.4 Å². The van der Waals surface area contributed by atoms with Gasteiger partial charge in [0, 0.05) is 5.02 Å². The Hall–Kier alpha value is -1.75. The van der Waals surface area contributed by atoms with Gasteiger partial charge in [0.1, 0.15) is 11.8 Å². The molecule has 1 aromatic carbocycles. The molecule has 0 aliphatic rings. The molecular weight excluding hydrogens is 294 g/mol. The van der Waals surface area contributed by atoms with Gasteiger partial charge in [-0.25, -0.2) is 4.79 Å². The maximum Gasteiger partial charge on any atom is 0.326 e. The van der Waals surface area contributed by atoms with E-state index in [4.69, 9.17) is 16.3 Å². The van der Waals surface area contributed by atoms with Crippen LogP contribution in [-0.2, 0) is 9.59 Å². The Labute approximate surface area is 129 Å². The first-order chi connectivity index (χ1) is 9.61. The van der Waals surface area contributed by atoms with E-state index >= 15 is 0 Å². The zero-order chi connectivity index (χ0) is 16.2. The Morgan fingerprint density at radius 1 is 1.24 bits per heavy atom. The molecular formula is C15H20ClNO4. The minimum absolute atomic E-state index is 0.479. The third kappa shape index (κ3) is 5.27. The predicted molar refractivity (Wildman–Crippen MR) is 80.6 cm³/mol. The van der Waals surface area contributed by atoms with E-state index in [1.165, 1.54) is 0 Å². The van der Waals surface area contributed by atoms with Crippen LogP contribution < -0.4 is 10.1 Å². The van der Waals surface area contributed by atoms with E-state index in [0.29, 0.717) is 10.8 Å². The number of amides is 1. The molecule has 0 radical (unpaired) electrons. The lowest BCUT2D eigenvalue weighted by Crippen LogP contribution is -2.52. The van der Waals surface area contributed by atoms with Crippen LogP contribution in [-0.4, -0.2) is 29.1 Å². The quantitative estimate of drug-likeness (QED) is 0.876. The van der Waals surface area contributed by atoms with Gasteiger partial charge in [0.2, 0.25) is 0 Å². The fraction of sp³-hybridized carbons (Fsp3) is 0.467. The van der Waals surface area contributed by atoms with E-state index < -0.39 is 29.4 Å². The van der Waals surface area contributed by atoms with Gasteiger partial charge in [0.15, 0.2) is 6.10 Å². The number of carbonyl (C=O) groups excluding carboxylic acids is 1. The maximum atomic E-state index is 12.1. The summed E-state index contributed by atoms with van der Waals surface area (Å²) < 4.78 is 5.46. The number of carboxylic acids is 1. The first-order valence-corrected chi connectivity index (χ1v) is 6.94. The number of ether oxygens (including phenoxy) is 1. The topological polar surface area (TPSA) is 75.6 Å². The van der Waals surface area contributed by atoms with Crippen molar-refractivity contribution in [3.63, 3.8) is 0 Å². The van der Waals surface area contributed by atoms with E-state index in [0.717, 1.165) is 0 Å². The lowest BCUT2D eigenvalue weighted by atomic mass is 9.86. The number of hydrogen-bond donors (Lipinski definition) is 2. The van der Waals surface area contributed by atoms with Crippen LogP contribution in [0.1, 0.15) is 27.7 Å². The van der Waals surface area contributed by atoms with Crippen molar-refractivity contribution in [3.05, 3.63) is 29.3 Å². The Morgan fingerprint density at radius 3 is 2.19 bits per heavy atom. The summed E-state index contributed by atoms with van der Waals surface area (Å²) in [5, 5.41) is 12.3. The van der Waals surface area contributed by atoms with Crippen LogP contribution in [0.4, 0.5) is 0 Å². The van der Waals surface area contributed by atoms with Crippen LogP contribution in [0.25, 0.3) is 0 Å². The number of benzene rings is 1. The second-order valence-corrected chi connectivity index (χ2v) is 6.30. The average Bonchev–Trinajstić information content (AvgIpc) is 2.36. The van der Waals surface area contributed by atoms with Crippen LogP contribution in [0.3, 0.4) is 0 Å². The minimum Gasteiger partial charge on any atom is -0.481 e. The Kier molecular flexibility index (Phi) is 5.61. The maximum absolute atomic E-state index is 12.1. The molecule has 1 unspecified atom stereocenters. The molecule has 5 nitrogen and oxygen atoms in total. The number of halogens is 1. The predicted octanol–water partition coefficient (Wildman–Crippen LogP) is 2.72. The van der Waals surface area contributed by atoms with Crippen molar-refractivity contribution in [1.29, 1.82) is 0 Å².